The van der Waals surface area contributed by atoms with Crippen molar-refractivity contribution in [3.05, 3.63) is 47.4 Å². The summed E-state index contributed by atoms with van der Waals surface area (Å²) in [5.41, 5.74) is 1.22. The van der Waals surface area contributed by atoms with E-state index in [1.165, 1.54) is 24.5 Å². The molecule has 1 aliphatic rings. The first kappa shape index (κ1) is 16.4. The molecule has 128 valence electrons. The van der Waals surface area contributed by atoms with E-state index < -0.39 is 5.97 Å². The molecule has 3 rings (SSSR count). The summed E-state index contributed by atoms with van der Waals surface area (Å²) < 4.78 is 16.9. The smallest absolute Gasteiger partial charge is 0.371 e. The Kier molecular flexibility index (Phi) is 5.08. The van der Waals surface area contributed by atoms with Crippen molar-refractivity contribution in [3.8, 4) is 11.5 Å². The Morgan fingerprint density at radius 1 is 1.21 bits per heavy atom. The Morgan fingerprint density at radius 3 is 2.71 bits per heavy atom. The van der Waals surface area contributed by atoms with E-state index in [1.54, 1.807) is 6.07 Å². The third-order valence-corrected chi connectivity index (χ3v) is 3.96. The summed E-state index contributed by atoms with van der Waals surface area (Å²) in [5, 5.41) is 8.88. The van der Waals surface area contributed by atoms with Crippen molar-refractivity contribution in [1.82, 2.24) is 0 Å². The van der Waals surface area contributed by atoms with Crippen LogP contribution in [0.3, 0.4) is 0 Å². The predicted molar refractivity (Wildman–Crippen MR) is 88.7 cm³/mol. The van der Waals surface area contributed by atoms with Crippen molar-refractivity contribution in [2.24, 2.45) is 5.92 Å². The fourth-order valence-corrected chi connectivity index (χ4v) is 2.44. The second-order valence-corrected chi connectivity index (χ2v) is 6.15. The maximum Gasteiger partial charge on any atom is 0.371 e. The number of carboxylic acid groups (broad SMARTS) is 1. The van der Waals surface area contributed by atoms with E-state index in [0.717, 1.165) is 25.2 Å². The molecule has 5 nitrogen and oxygen atoms in total. The first-order valence-electron chi connectivity index (χ1n) is 8.36. The molecule has 0 bridgehead atoms. The monoisotopic (exact) mass is 330 g/mol. The van der Waals surface area contributed by atoms with Crippen LogP contribution in [0.1, 0.15) is 48.1 Å². The van der Waals surface area contributed by atoms with Gasteiger partial charge < -0.3 is 19.0 Å². The van der Waals surface area contributed by atoms with Gasteiger partial charge in [0.05, 0.1) is 6.61 Å². The third-order valence-electron chi connectivity index (χ3n) is 3.96. The van der Waals surface area contributed by atoms with Gasteiger partial charge in [0.15, 0.2) is 11.5 Å². The Balaban J connectivity index is 1.68. The van der Waals surface area contributed by atoms with E-state index >= 15 is 0 Å². The fourth-order valence-electron chi connectivity index (χ4n) is 2.44. The Morgan fingerprint density at radius 2 is 2.04 bits per heavy atom. The zero-order chi connectivity index (χ0) is 16.9. The molecule has 0 unspecified atom stereocenters. The van der Waals surface area contributed by atoms with Crippen LogP contribution in [-0.2, 0) is 13.0 Å². The van der Waals surface area contributed by atoms with E-state index in [1.807, 2.05) is 18.2 Å². The van der Waals surface area contributed by atoms with E-state index in [-0.39, 0.29) is 12.4 Å². The number of ether oxygens (including phenoxy) is 2. The average Bonchev–Trinajstić information content (AvgIpc) is 3.27. The maximum atomic E-state index is 10.8. The summed E-state index contributed by atoms with van der Waals surface area (Å²) in [6, 6.07) is 9.02. The number of aromatic carboxylic acids is 1. The second-order valence-electron chi connectivity index (χ2n) is 6.15. The van der Waals surface area contributed by atoms with Gasteiger partial charge in [0, 0.05) is 0 Å². The molecule has 0 spiro atoms. The topological polar surface area (TPSA) is 68.9 Å². The highest BCUT2D eigenvalue weighted by Gasteiger charge is 2.22. The molecule has 1 aromatic carbocycles. The number of hydrogen-bond donors (Lipinski definition) is 1. The SMILES string of the molecule is CCCc1ccc(OCc2ccc(C(=O)O)o2)c(OCC2CC2)c1. The molecule has 1 aliphatic carbocycles. The van der Waals surface area contributed by atoms with Crippen LogP contribution < -0.4 is 9.47 Å². The summed E-state index contributed by atoms with van der Waals surface area (Å²) in [4.78, 5) is 10.8. The lowest BCUT2D eigenvalue weighted by atomic mass is 10.1. The van der Waals surface area contributed by atoms with E-state index in [2.05, 4.69) is 6.92 Å². The summed E-state index contributed by atoms with van der Waals surface area (Å²) in [6.07, 6.45) is 4.54. The van der Waals surface area contributed by atoms with Crippen LogP contribution in [0.25, 0.3) is 0 Å². The van der Waals surface area contributed by atoms with Gasteiger partial charge in [0.1, 0.15) is 12.4 Å². The molecule has 24 heavy (non-hydrogen) atoms. The van der Waals surface area contributed by atoms with Crippen molar-refractivity contribution < 1.29 is 23.8 Å². The fraction of sp³-hybridized carbons (Fsp3) is 0.421. The van der Waals surface area contributed by atoms with Gasteiger partial charge >= 0.3 is 5.97 Å². The van der Waals surface area contributed by atoms with Crippen LogP contribution in [-0.4, -0.2) is 17.7 Å². The Hall–Kier alpha value is -2.43. The van der Waals surface area contributed by atoms with E-state index in [9.17, 15) is 4.79 Å². The first-order valence-corrected chi connectivity index (χ1v) is 8.36. The number of aryl methyl sites for hydroxylation is 1. The van der Waals surface area contributed by atoms with Gasteiger partial charge in [-0.1, -0.05) is 19.4 Å². The lowest BCUT2D eigenvalue weighted by molar-refractivity contribution is 0.0658. The van der Waals surface area contributed by atoms with Gasteiger partial charge in [0.25, 0.3) is 0 Å². The largest absolute Gasteiger partial charge is 0.489 e. The number of carboxylic acids is 1. The number of hydrogen-bond acceptors (Lipinski definition) is 4. The summed E-state index contributed by atoms with van der Waals surface area (Å²) in [5.74, 6) is 1.37. The lowest BCUT2D eigenvalue weighted by Gasteiger charge is -2.13. The predicted octanol–water partition coefficient (Wildman–Crippen LogP) is 4.30. The minimum absolute atomic E-state index is 0.0860. The van der Waals surface area contributed by atoms with E-state index in [0.29, 0.717) is 17.4 Å². The molecular formula is C19H22O5. The molecule has 1 N–H and O–H groups in total. The van der Waals surface area contributed by atoms with Gasteiger partial charge in [-0.15, -0.1) is 0 Å². The van der Waals surface area contributed by atoms with Crippen molar-refractivity contribution >= 4 is 5.97 Å². The van der Waals surface area contributed by atoms with Crippen molar-refractivity contribution in [1.29, 1.82) is 0 Å². The minimum atomic E-state index is -1.08. The highest BCUT2D eigenvalue weighted by atomic mass is 16.5. The Labute approximate surface area is 141 Å². The number of benzene rings is 1. The van der Waals surface area contributed by atoms with E-state index in [4.69, 9.17) is 19.0 Å². The first-order chi connectivity index (χ1) is 11.7. The summed E-state index contributed by atoms with van der Waals surface area (Å²) in [6.45, 7) is 3.03. The molecule has 0 radical (unpaired) electrons. The normalized spacial score (nSPS) is 13.7. The molecule has 0 saturated heterocycles. The molecule has 1 saturated carbocycles. The maximum absolute atomic E-state index is 10.8. The van der Waals surface area contributed by atoms with Gasteiger partial charge in [0.2, 0.25) is 5.76 Å². The molecule has 5 heteroatoms. The third kappa shape index (κ3) is 4.31. The average molecular weight is 330 g/mol. The molecule has 1 heterocycles. The molecule has 0 amide bonds. The number of rotatable bonds is 9. The quantitative estimate of drug-likeness (QED) is 0.742. The second kappa shape index (κ2) is 7.43. The highest BCUT2D eigenvalue weighted by Crippen LogP contribution is 2.34. The van der Waals surface area contributed by atoms with Crippen molar-refractivity contribution in [2.45, 2.75) is 39.2 Å². The van der Waals surface area contributed by atoms with Crippen LogP contribution in [0.5, 0.6) is 11.5 Å². The van der Waals surface area contributed by atoms with Crippen LogP contribution in [0.4, 0.5) is 0 Å². The standard InChI is InChI=1S/C19H22O5/c1-2-3-13-6-8-16(18(10-13)22-11-14-4-5-14)23-12-15-7-9-17(24-15)19(20)21/h6-10,14H,2-5,11-12H2,1H3,(H,20,21). The molecule has 1 aromatic heterocycles. The zero-order valence-electron chi connectivity index (χ0n) is 13.8. The van der Waals surface area contributed by atoms with Crippen LogP contribution in [0.15, 0.2) is 34.7 Å². The van der Waals surface area contributed by atoms with Crippen LogP contribution >= 0.6 is 0 Å². The zero-order valence-corrected chi connectivity index (χ0v) is 13.8. The number of furan rings is 1. The molecule has 2 aromatic rings. The van der Waals surface area contributed by atoms with Crippen LogP contribution in [0, 0.1) is 5.92 Å². The lowest BCUT2D eigenvalue weighted by Crippen LogP contribution is -2.03. The Bertz CT molecular complexity index is 700. The minimum Gasteiger partial charge on any atom is -0.489 e. The molecular weight excluding hydrogens is 308 g/mol. The van der Waals surface area contributed by atoms with Crippen LogP contribution in [0.2, 0.25) is 0 Å². The van der Waals surface area contributed by atoms with Gasteiger partial charge in [-0.2, -0.15) is 0 Å². The summed E-state index contributed by atoms with van der Waals surface area (Å²) in [7, 11) is 0. The number of carbonyl (C=O) groups is 1. The van der Waals surface area contributed by atoms with Gasteiger partial charge in [-0.05, 0) is 55.0 Å². The highest BCUT2D eigenvalue weighted by molar-refractivity contribution is 5.84. The van der Waals surface area contributed by atoms with Crippen molar-refractivity contribution in [3.63, 3.8) is 0 Å². The molecule has 1 fully saturated rings. The van der Waals surface area contributed by atoms with Gasteiger partial charge in [-0.3, -0.25) is 0 Å². The summed E-state index contributed by atoms with van der Waals surface area (Å²) >= 11 is 0. The molecule has 0 atom stereocenters. The molecule has 0 aliphatic heterocycles. The van der Waals surface area contributed by atoms with Gasteiger partial charge in [-0.25, -0.2) is 4.79 Å². The van der Waals surface area contributed by atoms with Crippen molar-refractivity contribution in [2.75, 3.05) is 6.61 Å².